The van der Waals surface area contributed by atoms with E-state index >= 15 is 0 Å². The van der Waals surface area contributed by atoms with Crippen LogP contribution in [0.4, 0.5) is 5.82 Å². The number of carbonyl (C=O) groups is 1. The number of anilines is 1. The minimum absolute atomic E-state index is 0.0900. The fraction of sp³-hybridized carbons (Fsp3) is 0.625. The molecule has 2 N–H and O–H groups in total. The largest absolute Gasteiger partial charge is 0.360 e. The van der Waals surface area contributed by atoms with Gasteiger partial charge in [0, 0.05) is 24.7 Å². The Morgan fingerprint density at radius 2 is 2.29 bits per heavy atom. The summed E-state index contributed by atoms with van der Waals surface area (Å²) in [6.45, 7) is 1.78. The lowest BCUT2D eigenvalue weighted by Crippen LogP contribution is -2.12. The van der Waals surface area contributed by atoms with Gasteiger partial charge in [-0.05, 0) is 19.3 Å². The lowest BCUT2D eigenvalue weighted by Gasteiger charge is -2.05. The molecular formula is C16H23N5O2S. The Morgan fingerprint density at radius 3 is 3.04 bits per heavy atom. The summed E-state index contributed by atoms with van der Waals surface area (Å²) in [6.07, 6.45) is 7.99. The number of rotatable bonds is 8. The first kappa shape index (κ1) is 17.0. The fourth-order valence-corrected chi connectivity index (χ4v) is 3.71. The third-order valence-electron chi connectivity index (χ3n) is 4.23. The third kappa shape index (κ3) is 5.09. The van der Waals surface area contributed by atoms with Gasteiger partial charge < -0.3 is 9.84 Å². The van der Waals surface area contributed by atoms with Gasteiger partial charge in [-0.15, -0.1) is 5.10 Å². The summed E-state index contributed by atoms with van der Waals surface area (Å²) in [5.74, 6) is 3.47. The first-order chi connectivity index (χ1) is 11.7. The minimum atomic E-state index is -0.0900. The second-order valence-corrected chi connectivity index (χ2v) is 7.29. The zero-order valence-corrected chi connectivity index (χ0v) is 14.7. The number of aryl methyl sites for hydroxylation is 2. The standard InChI is InChI=1S/C16H23N5O2S/c1-11-10-14(21-23-11)17-15(22)8-9-24-16-18-13(19-20-16)7-6-12-4-2-3-5-12/h10,12H,2-9H2,1H3,(H,17,21,22)(H,18,19,20). The summed E-state index contributed by atoms with van der Waals surface area (Å²) < 4.78 is 4.91. The van der Waals surface area contributed by atoms with Crippen molar-refractivity contribution in [3.05, 3.63) is 17.7 Å². The number of hydrogen-bond acceptors (Lipinski definition) is 6. The highest BCUT2D eigenvalue weighted by molar-refractivity contribution is 7.99. The summed E-state index contributed by atoms with van der Waals surface area (Å²) in [5.41, 5.74) is 0. The highest BCUT2D eigenvalue weighted by Crippen LogP contribution is 2.28. The van der Waals surface area contributed by atoms with Crippen LogP contribution in [0, 0.1) is 12.8 Å². The van der Waals surface area contributed by atoms with Crippen molar-refractivity contribution in [3.8, 4) is 0 Å². The Hall–Kier alpha value is -1.83. The molecular weight excluding hydrogens is 326 g/mol. The van der Waals surface area contributed by atoms with Gasteiger partial charge in [0.2, 0.25) is 11.1 Å². The smallest absolute Gasteiger partial charge is 0.226 e. The molecule has 24 heavy (non-hydrogen) atoms. The molecule has 1 aliphatic carbocycles. The highest BCUT2D eigenvalue weighted by Gasteiger charge is 2.15. The number of aromatic amines is 1. The van der Waals surface area contributed by atoms with Crippen LogP contribution in [0.5, 0.6) is 0 Å². The zero-order chi connectivity index (χ0) is 16.8. The number of thioether (sulfide) groups is 1. The number of hydrogen-bond donors (Lipinski definition) is 2. The van der Waals surface area contributed by atoms with Gasteiger partial charge in [0.25, 0.3) is 0 Å². The Morgan fingerprint density at radius 1 is 1.46 bits per heavy atom. The van der Waals surface area contributed by atoms with Crippen LogP contribution >= 0.6 is 11.8 Å². The van der Waals surface area contributed by atoms with E-state index in [1.807, 2.05) is 0 Å². The van der Waals surface area contributed by atoms with E-state index in [0.717, 1.165) is 18.2 Å². The van der Waals surface area contributed by atoms with Crippen LogP contribution < -0.4 is 5.32 Å². The first-order valence-electron chi connectivity index (χ1n) is 8.46. The zero-order valence-electron chi connectivity index (χ0n) is 13.9. The van der Waals surface area contributed by atoms with Gasteiger partial charge in [0.05, 0.1) is 0 Å². The molecule has 2 aromatic rings. The van der Waals surface area contributed by atoms with Crippen molar-refractivity contribution < 1.29 is 9.32 Å². The maximum absolute atomic E-state index is 11.8. The summed E-state index contributed by atoms with van der Waals surface area (Å²) in [6, 6.07) is 1.69. The van der Waals surface area contributed by atoms with Crippen molar-refractivity contribution in [1.29, 1.82) is 0 Å². The molecule has 2 heterocycles. The molecule has 0 radical (unpaired) electrons. The normalized spacial score (nSPS) is 15.0. The quantitative estimate of drug-likeness (QED) is 0.710. The predicted molar refractivity (Wildman–Crippen MR) is 91.9 cm³/mol. The minimum Gasteiger partial charge on any atom is -0.360 e. The molecule has 130 valence electrons. The number of H-pyrrole nitrogens is 1. The molecule has 1 amide bonds. The van der Waals surface area contributed by atoms with Crippen molar-refractivity contribution in [2.24, 2.45) is 5.92 Å². The van der Waals surface area contributed by atoms with Crippen molar-refractivity contribution in [2.45, 2.75) is 57.0 Å². The van der Waals surface area contributed by atoms with E-state index in [1.165, 1.54) is 43.9 Å². The fourth-order valence-electron chi connectivity index (χ4n) is 2.96. The summed E-state index contributed by atoms with van der Waals surface area (Å²) in [4.78, 5) is 16.3. The number of amides is 1. The van der Waals surface area contributed by atoms with Crippen LogP contribution in [-0.2, 0) is 11.2 Å². The maximum Gasteiger partial charge on any atom is 0.226 e. The summed E-state index contributed by atoms with van der Waals surface area (Å²) >= 11 is 1.49. The van der Waals surface area contributed by atoms with Gasteiger partial charge in [-0.25, -0.2) is 4.98 Å². The molecule has 1 saturated carbocycles. The topological polar surface area (TPSA) is 96.7 Å². The van der Waals surface area contributed by atoms with Crippen molar-refractivity contribution in [3.63, 3.8) is 0 Å². The average Bonchev–Trinajstić information content (AvgIpc) is 3.28. The van der Waals surface area contributed by atoms with Gasteiger partial charge in [-0.3, -0.25) is 9.89 Å². The molecule has 0 spiro atoms. The van der Waals surface area contributed by atoms with Crippen molar-refractivity contribution in [1.82, 2.24) is 20.3 Å². The van der Waals surface area contributed by atoms with Crippen LogP contribution in [0.15, 0.2) is 15.7 Å². The Labute approximate surface area is 145 Å². The lowest BCUT2D eigenvalue weighted by atomic mass is 10.0. The molecule has 0 atom stereocenters. The molecule has 1 aliphatic rings. The SMILES string of the molecule is Cc1cc(NC(=O)CCSc2n[nH]c(CCC3CCCC3)n2)no1. The molecule has 0 aliphatic heterocycles. The highest BCUT2D eigenvalue weighted by atomic mass is 32.2. The van der Waals surface area contributed by atoms with Crippen LogP contribution in [0.25, 0.3) is 0 Å². The molecule has 0 bridgehead atoms. The number of carbonyl (C=O) groups excluding carboxylic acids is 1. The van der Waals surface area contributed by atoms with Gasteiger partial charge in [0.15, 0.2) is 5.82 Å². The number of aromatic nitrogens is 4. The van der Waals surface area contributed by atoms with Crippen molar-refractivity contribution >= 4 is 23.5 Å². The molecule has 0 unspecified atom stereocenters. The van der Waals surface area contributed by atoms with E-state index in [9.17, 15) is 4.79 Å². The number of nitrogens with zero attached hydrogens (tertiary/aromatic N) is 3. The Balaban J connectivity index is 1.35. The van der Waals surface area contributed by atoms with Crippen LogP contribution in [0.1, 0.15) is 50.1 Å². The van der Waals surface area contributed by atoms with Gasteiger partial charge >= 0.3 is 0 Å². The Kier molecular flexibility index (Phi) is 5.90. The van der Waals surface area contributed by atoms with E-state index in [1.54, 1.807) is 13.0 Å². The molecule has 8 heteroatoms. The van der Waals surface area contributed by atoms with E-state index in [2.05, 4.69) is 25.7 Å². The van der Waals surface area contributed by atoms with Gasteiger partial charge in [-0.1, -0.05) is 42.6 Å². The van der Waals surface area contributed by atoms with Crippen LogP contribution in [-0.4, -0.2) is 32.0 Å². The van der Waals surface area contributed by atoms with E-state index in [4.69, 9.17) is 4.52 Å². The van der Waals surface area contributed by atoms with Crippen molar-refractivity contribution in [2.75, 3.05) is 11.1 Å². The maximum atomic E-state index is 11.8. The molecule has 2 aromatic heterocycles. The monoisotopic (exact) mass is 349 g/mol. The van der Waals surface area contributed by atoms with E-state index in [0.29, 0.717) is 28.9 Å². The third-order valence-corrected chi connectivity index (χ3v) is 5.08. The molecule has 7 nitrogen and oxygen atoms in total. The average molecular weight is 349 g/mol. The summed E-state index contributed by atoms with van der Waals surface area (Å²) in [7, 11) is 0. The molecule has 1 fully saturated rings. The summed E-state index contributed by atoms with van der Waals surface area (Å²) in [5, 5.41) is 14.4. The predicted octanol–water partition coefficient (Wildman–Crippen LogP) is 3.34. The van der Waals surface area contributed by atoms with Crippen LogP contribution in [0.3, 0.4) is 0 Å². The Bertz CT molecular complexity index is 663. The molecule has 0 saturated heterocycles. The second kappa shape index (κ2) is 8.32. The molecule has 0 aromatic carbocycles. The lowest BCUT2D eigenvalue weighted by molar-refractivity contribution is -0.115. The van der Waals surface area contributed by atoms with Gasteiger partial charge in [0.1, 0.15) is 11.6 Å². The second-order valence-electron chi connectivity index (χ2n) is 6.22. The van der Waals surface area contributed by atoms with Crippen LogP contribution in [0.2, 0.25) is 0 Å². The molecule has 3 rings (SSSR count). The van der Waals surface area contributed by atoms with Gasteiger partial charge in [-0.2, -0.15) is 0 Å². The van der Waals surface area contributed by atoms with E-state index < -0.39 is 0 Å². The van der Waals surface area contributed by atoms with E-state index in [-0.39, 0.29) is 5.91 Å². The first-order valence-corrected chi connectivity index (χ1v) is 9.45. The number of nitrogens with one attached hydrogen (secondary N) is 2.